The molecule has 0 bridgehead atoms. The number of carbonyl (C=O) groups excluding carboxylic acids is 3. The van der Waals surface area contributed by atoms with E-state index in [9.17, 15) is 14.4 Å². The Kier molecular flexibility index (Phi) is 9.32. The number of carbonyl (C=O) groups is 3. The molecule has 1 heterocycles. The highest BCUT2D eigenvalue weighted by molar-refractivity contribution is 6.05. The number of nitrogens with one attached hydrogen (secondary N) is 3. The number of aromatic nitrogens is 1. The lowest BCUT2D eigenvalue weighted by atomic mass is 9.89. The fourth-order valence-electron chi connectivity index (χ4n) is 3.10. The number of amides is 2. The fraction of sp³-hybridized carbons (Fsp3) is 0.462. The van der Waals surface area contributed by atoms with Crippen molar-refractivity contribution < 1.29 is 19.1 Å². The average molecular weight is 469 g/mol. The van der Waals surface area contributed by atoms with Gasteiger partial charge in [0, 0.05) is 32.1 Å². The Morgan fingerprint density at radius 1 is 0.912 bits per heavy atom. The molecule has 1 aromatic carbocycles. The maximum absolute atomic E-state index is 12.7. The number of hydrogen-bond acceptors (Lipinski definition) is 6. The number of benzene rings is 1. The molecule has 0 spiro atoms. The number of para-hydroxylation sites is 2. The zero-order chi connectivity index (χ0) is 25.4. The molecule has 184 valence electrons. The van der Waals surface area contributed by atoms with Gasteiger partial charge in [0.15, 0.2) is 0 Å². The molecule has 0 aliphatic carbocycles. The van der Waals surface area contributed by atoms with Crippen molar-refractivity contribution >= 4 is 29.2 Å². The summed E-state index contributed by atoms with van der Waals surface area (Å²) in [5.74, 6) is -0.155. The smallest absolute Gasteiger partial charge is 0.412 e. The van der Waals surface area contributed by atoms with Crippen molar-refractivity contribution in [3.63, 3.8) is 0 Å². The maximum atomic E-state index is 12.7. The number of rotatable bonds is 9. The normalized spacial score (nSPS) is 11.6. The number of hydrogen-bond donors (Lipinski definition) is 3. The van der Waals surface area contributed by atoms with Gasteiger partial charge in [-0.15, -0.1) is 0 Å². The zero-order valence-electron chi connectivity index (χ0n) is 21.0. The van der Waals surface area contributed by atoms with Crippen molar-refractivity contribution in [2.24, 2.45) is 5.41 Å². The summed E-state index contributed by atoms with van der Waals surface area (Å²) >= 11 is 0. The Hall–Kier alpha value is -3.26. The Labute approximate surface area is 201 Å². The van der Waals surface area contributed by atoms with E-state index in [1.54, 1.807) is 57.3 Å². The first-order valence-electron chi connectivity index (χ1n) is 11.4. The Morgan fingerprint density at radius 2 is 1.56 bits per heavy atom. The minimum atomic E-state index is -0.634. The van der Waals surface area contributed by atoms with Crippen LogP contribution in [0.15, 0.2) is 42.6 Å². The Morgan fingerprint density at radius 3 is 2.12 bits per heavy atom. The second-order valence-corrected chi connectivity index (χ2v) is 10.4. The maximum Gasteiger partial charge on any atom is 0.412 e. The zero-order valence-corrected chi connectivity index (χ0v) is 21.0. The minimum Gasteiger partial charge on any atom is -0.444 e. The summed E-state index contributed by atoms with van der Waals surface area (Å²) in [7, 11) is 0. The molecule has 0 saturated carbocycles. The van der Waals surface area contributed by atoms with Crippen LogP contribution in [0.5, 0.6) is 0 Å². The number of nitrogens with zero attached hydrogens (tertiary/aromatic N) is 1. The molecule has 8 nitrogen and oxygen atoms in total. The lowest BCUT2D eigenvalue weighted by Gasteiger charge is -2.20. The number of Topliss-reactive ketones (excluding diaryl/α,β-unsaturated/α-hetero) is 1. The highest BCUT2D eigenvalue weighted by atomic mass is 16.6. The van der Waals surface area contributed by atoms with Crippen molar-refractivity contribution in [2.75, 3.05) is 17.2 Å². The van der Waals surface area contributed by atoms with E-state index in [-0.39, 0.29) is 16.9 Å². The van der Waals surface area contributed by atoms with E-state index < -0.39 is 17.6 Å². The van der Waals surface area contributed by atoms with Crippen LogP contribution in [0, 0.1) is 5.41 Å². The number of pyridine rings is 1. The number of ether oxygens (including phenoxy) is 1. The van der Waals surface area contributed by atoms with Gasteiger partial charge in [-0.25, -0.2) is 4.79 Å². The van der Waals surface area contributed by atoms with Crippen molar-refractivity contribution in [1.82, 2.24) is 10.3 Å². The molecular formula is C26H36N4O4. The predicted octanol–water partition coefficient (Wildman–Crippen LogP) is 5.17. The number of anilines is 2. The van der Waals surface area contributed by atoms with Gasteiger partial charge < -0.3 is 15.4 Å². The van der Waals surface area contributed by atoms with Gasteiger partial charge >= 0.3 is 6.09 Å². The van der Waals surface area contributed by atoms with E-state index in [1.807, 2.05) is 6.07 Å². The lowest BCUT2D eigenvalue weighted by molar-refractivity contribution is -0.120. The second kappa shape index (κ2) is 11.7. The molecule has 2 amide bonds. The average Bonchev–Trinajstić information content (AvgIpc) is 2.70. The highest BCUT2D eigenvalue weighted by Gasteiger charge is 2.18. The third-order valence-corrected chi connectivity index (χ3v) is 4.51. The Bertz CT molecular complexity index is 989. The van der Waals surface area contributed by atoms with Crippen LogP contribution in [0.4, 0.5) is 16.2 Å². The standard InChI is InChI=1S/C26H36N4O4/c1-25(2,3)15-19(31)13-14-27-16-18-11-12-22(28-17-18)23(32)29-20-9-7-8-10-21(20)30-24(33)34-26(4,5)6/h7-12,17,27H,13-16H2,1-6H3,(H,29,32)(H,30,33). The Balaban J connectivity index is 1.88. The van der Waals surface area contributed by atoms with Crippen LogP contribution in [-0.4, -0.2) is 34.9 Å². The topological polar surface area (TPSA) is 109 Å². The predicted molar refractivity (Wildman–Crippen MR) is 134 cm³/mol. The molecule has 0 aliphatic heterocycles. The summed E-state index contributed by atoms with van der Waals surface area (Å²) in [5.41, 5.74) is 1.38. The van der Waals surface area contributed by atoms with E-state index >= 15 is 0 Å². The third kappa shape index (κ3) is 10.1. The summed E-state index contributed by atoms with van der Waals surface area (Å²) in [6.07, 6.45) is 2.08. The van der Waals surface area contributed by atoms with Crippen LogP contribution >= 0.6 is 0 Å². The van der Waals surface area contributed by atoms with Gasteiger partial charge in [-0.05, 0) is 49.9 Å². The van der Waals surface area contributed by atoms with Gasteiger partial charge in [-0.2, -0.15) is 0 Å². The van der Waals surface area contributed by atoms with Crippen molar-refractivity contribution in [3.05, 3.63) is 53.9 Å². The number of ketones is 1. The molecule has 0 saturated heterocycles. The van der Waals surface area contributed by atoms with E-state index in [0.717, 1.165) is 5.56 Å². The van der Waals surface area contributed by atoms with Gasteiger partial charge in [0.1, 0.15) is 17.1 Å². The molecular weight excluding hydrogens is 432 g/mol. The van der Waals surface area contributed by atoms with Crippen LogP contribution in [0.1, 0.15) is 70.4 Å². The first-order valence-corrected chi connectivity index (χ1v) is 11.4. The highest BCUT2D eigenvalue weighted by Crippen LogP contribution is 2.23. The molecule has 0 radical (unpaired) electrons. The molecule has 0 unspecified atom stereocenters. The molecule has 34 heavy (non-hydrogen) atoms. The van der Waals surface area contributed by atoms with Crippen LogP contribution in [0.25, 0.3) is 0 Å². The molecule has 0 fully saturated rings. The van der Waals surface area contributed by atoms with E-state index in [2.05, 4.69) is 41.7 Å². The van der Waals surface area contributed by atoms with Gasteiger partial charge in [0.05, 0.1) is 11.4 Å². The molecule has 3 N–H and O–H groups in total. The largest absolute Gasteiger partial charge is 0.444 e. The van der Waals surface area contributed by atoms with E-state index in [4.69, 9.17) is 4.74 Å². The van der Waals surface area contributed by atoms with Crippen LogP contribution < -0.4 is 16.0 Å². The summed E-state index contributed by atoms with van der Waals surface area (Å²) in [6.45, 7) is 12.6. The van der Waals surface area contributed by atoms with E-state index in [1.165, 1.54) is 0 Å². The van der Waals surface area contributed by atoms with Crippen LogP contribution in [-0.2, 0) is 16.1 Å². The summed E-state index contributed by atoms with van der Waals surface area (Å²) < 4.78 is 5.27. The van der Waals surface area contributed by atoms with Gasteiger partial charge in [-0.3, -0.25) is 19.9 Å². The second-order valence-electron chi connectivity index (χ2n) is 10.4. The molecule has 1 aromatic heterocycles. The minimum absolute atomic E-state index is 0.00369. The first-order chi connectivity index (χ1) is 15.8. The van der Waals surface area contributed by atoms with Crippen LogP contribution in [0.2, 0.25) is 0 Å². The third-order valence-electron chi connectivity index (χ3n) is 4.51. The van der Waals surface area contributed by atoms with Crippen molar-refractivity contribution in [3.8, 4) is 0 Å². The van der Waals surface area contributed by atoms with Crippen LogP contribution in [0.3, 0.4) is 0 Å². The summed E-state index contributed by atoms with van der Waals surface area (Å²) in [6, 6.07) is 10.3. The molecule has 8 heteroatoms. The molecule has 0 atom stereocenters. The van der Waals surface area contributed by atoms with Crippen molar-refractivity contribution in [2.45, 2.75) is 66.5 Å². The SMILES string of the molecule is CC(C)(C)CC(=O)CCNCc1ccc(C(=O)Nc2ccccc2NC(=O)OC(C)(C)C)nc1. The van der Waals surface area contributed by atoms with E-state index in [0.29, 0.717) is 37.3 Å². The summed E-state index contributed by atoms with van der Waals surface area (Å²) in [5, 5.41) is 8.66. The summed E-state index contributed by atoms with van der Waals surface area (Å²) in [4.78, 5) is 41.0. The molecule has 0 aliphatic rings. The quantitative estimate of drug-likeness (QED) is 0.438. The van der Waals surface area contributed by atoms with Gasteiger partial charge in [0.25, 0.3) is 5.91 Å². The van der Waals surface area contributed by atoms with Crippen molar-refractivity contribution in [1.29, 1.82) is 0 Å². The first kappa shape index (κ1) is 27.0. The van der Waals surface area contributed by atoms with Gasteiger partial charge in [-0.1, -0.05) is 39.0 Å². The monoisotopic (exact) mass is 468 g/mol. The fourth-order valence-corrected chi connectivity index (χ4v) is 3.10. The lowest BCUT2D eigenvalue weighted by Crippen LogP contribution is -2.27. The molecule has 2 aromatic rings. The molecule has 2 rings (SSSR count). The van der Waals surface area contributed by atoms with Gasteiger partial charge in [0.2, 0.25) is 0 Å².